The number of aromatic nitrogens is 5. The maximum atomic E-state index is 5.97. The van der Waals surface area contributed by atoms with Crippen molar-refractivity contribution in [2.45, 2.75) is 44.9 Å². The van der Waals surface area contributed by atoms with E-state index in [1.165, 1.54) is 18.4 Å². The molecule has 172 valence electrons. The molecule has 2 aromatic carbocycles. The first-order valence-electron chi connectivity index (χ1n) is 11.5. The molecule has 0 unspecified atom stereocenters. The molecule has 8 heteroatoms. The fraction of sp³-hybridized carbons (Fsp3) is 0.360. The van der Waals surface area contributed by atoms with Crippen LogP contribution in [0.3, 0.4) is 0 Å². The number of nitrogens with zero attached hydrogens (tertiary/aromatic N) is 5. The molecule has 1 N–H and O–H groups in total. The summed E-state index contributed by atoms with van der Waals surface area (Å²) in [6, 6.07) is 16.5. The number of hydrogen-bond donors (Lipinski definition) is 1. The van der Waals surface area contributed by atoms with Gasteiger partial charge in [0.1, 0.15) is 0 Å². The highest BCUT2D eigenvalue weighted by Gasteiger charge is 2.16. The van der Waals surface area contributed by atoms with Crippen LogP contribution in [-0.4, -0.2) is 38.3 Å². The van der Waals surface area contributed by atoms with E-state index in [1.54, 1.807) is 4.68 Å². The van der Waals surface area contributed by atoms with E-state index in [0.717, 1.165) is 54.9 Å². The minimum atomic E-state index is 0. The third-order valence-electron chi connectivity index (χ3n) is 6.10. The van der Waals surface area contributed by atoms with Crippen LogP contribution in [-0.2, 0) is 6.42 Å². The molecule has 1 aliphatic heterocycles. The molecule has 0 radical (unpaired) electrons. The topological polar surface area (TPSA) is 81.7 Å². The maximum absolute atomic E-state index is 5.97. The quantitative estimate of drug-likeness (QED) is 0.404. The lowest BCUT2D eigenvalue weighted by Crippen LogP contribution is -2.26. The van der Waals surface area contributed by atoms with Crippen LogP contribution in [0.1, 0.15) is 49.8 Å². The summed E-state index contributed by atoms with van der Waals surface area (Å²) in [5, 5.41) is 20.4. The first-order chi connectivity index (χ1) is 15.8. The fourth-order valence-corrected chi connectivity index (χ4v) is 4.16. The molecule has 3 heterocycles. The lowest BCUT2D eigenvalue weighted by atomic mass is 9.90. The number of halogens is 1. The fourth-order valence-electron chi connectivity index (χ4n) is 4.16. The van der Waals surface area contributed by atoms with Crippen molar-refractivity contribution in [1.82, 2.24) is 30.5 Å². The van der Waals surface area contributed by atoms with Crippen molar-refractivity contribution >= 4 is 12.4 Å². The van der Waals surface area contributed by atoms with Crippen LogP contribution in [0.15, 0.2) is 59.1 Å². The van der Waals surface area contributed by atoms with Gasteiger partial charge in [-0.05, 0) is 86.7 Å². The van der Waals surface area contributed by atoms with Crippen molar-refractivity contribution in [3.05, 3.63) is 66.0 Å². The van der Waals surface area contributed by atoms with E-state index in [0.29, 0.717) is 17.7 Å². The van der Waals surface area contributed by atoms with Crippen molar-refractivity contribution in [3.63, 3.8) is 0 Å². The average molecular weight is 465 g/mol. The van der Waals surface area contributed by atoms with Crippen LogP contribution in [0, 0.1) is 0 Å². The molecule has 4 aromatic rings. The zero-order valence-corrected chi connectivity index (χ0v) is 19.6. The van der Waals surface area contributed by atoms with Gasteiger partial charge in [0.15, 0.2) is 0 Å². The summed E-state index contributed by atoms with van der Waals surface area (Å²) in [6.07, 6.45) is 7.60. The normalized spacial score (nSPS) is 14.2. The van der Waals surface area contributed by atoms with E-state index in [9.17, 15) is 0 Å². The van der Waals surface area contributed by atoms with Gasteiger partial charge in [-0.3, -0.25) is 0 Å². The highest BCUT2D eigenvalue weighted by molar-refractivity contribution is 5.85. The minimum Gasteiger partial charge on any atom is -0.416 e. The molecule has 2 aromatic heterocycles. The number of piperidine rings is 1. The highest BCUT2D eigenvalue weighted by atomic mass is 35.5. The van der Waals surface area contributed by atoms with E-state index < -0.39 is 0 Å². The Bertz CT molecular complexity index is 1150. The van der Waals surface area contributed by atoms with Crippen molar-refractivity contribution in [2.24, 2.45) is 0 Å². The first kappa shape index (κ1) is 23.1. The lowest BCUT2D eigenvalue weighted by molar-refractivity contribution is 0.460. The van der Waals surface area contributed by atoms with Crippen LogP contribution >= 0.6 is 12.4 Å². The van der Waals surface area contributed by atoms with Gasteiger partial charge in [0.25, 0.3) is 0 Å². The molecule has 7 nitrogen and oxygen atoms in total. The predicted octanol–water partition coefficient (Wildman–Crippen LogP) is 5.22. The Morgan fingerprint density at radius 3 is 2.18 bits per heavy atom. The second-order valence-electron chi connectivity index (χ2n) is 8.36. The monoisotopic (exact) mass is 464 g/mol. The van der Waals surface area contributed by atoms with Crippen LogP contribution in [0.5, 0.6) is 0 Å². The Morgan fingerprint density at radius 2 is 1.55 bits per heavy atom. The Hall–Kier alpha value is -3.03. The van der Waals surface area contributed by atoms with Crippen molar-refractivity contribution in [2.75, 3.05) is 13.1 Å². The average Bonchev–Trinajstić information content (AvgIpc) is 3.54. The number of rotatable bonds is 7. The molecule has 0 spiro atoms. The van der Waals surface area contributed by atoms with Crippen LogP contribution in [0.4, 0.5) is 0 Å². The predicted molar refractivity (Wildman–Crippen MR) is 131 cm³/mol. The summed E-state index contributed by atoms with van der Waals surface area (Å²) in [5.74, 6) is 1.68. The van der Waals surface area contributed by atoms with Gasteiger partial charge in [-0.15, -0.1) is 27.7 Å². The zero-order chi connectivity index (χ0) is 21.8. The van der Waals surface area contributed by atoms with Crippen LogP contribution in [0.25, 0.3) is 28.6 Å². The van der Waals surface area contributed by atoms with Gasteiger partial charge in [0.05, 0.1) is 17.6 Å². The van der Waals surface area contributed by atoms with Gasteiger partial charge in [-0.1, -0.05) is 30.7 Å². The molecule has 0 aliphatic carbocycles. The minimum absolute atomic E-state index is 0. The zero-order valence-electron chi connectivity index (χ0n) is 18.8. The van der Waals surface area contributed by atoms with Gasteiger partial charge >= 0.3 is 0 Å². The molecule has 0 amide bonds. The van der Waals surface area contributed by atoms with Gasteiger partial charge in [-0.2, -0.15) is 0 Å². The van der Waals surface area contributed by atoms with Crippen LogP contribution < -0.4 is 5.32 Å². The molecule has 1 saturated heterocycles. The molecule has 0 atom stereocenters. The third-order valence-corrected chi connectivity index (χ3v) is 6.10. The number of benzene rings is 2. The largest absolute Gasteiger partial charge is 0.416 e. The molecule has 33 heavy (non-hydrogen) atoms. The van der Waals surface area contributed by atoms with Gasteiger partial charge in [0, 0.05) is 11.1 Å². The lowest BCUT2D eigenvalue weighted by Gasteiger charge is -2.22. The molecule has 1 aliphatic rings. The summed E-state index contributed by atoms with van der Waals surface area (Å²) in [7, 11) is 0. The highest BCUT2D eigenvalue weighted by Crippen LogP contribution is 2.29. The summed E-state index contributed by atoms with van der Waals surface area (Å²) >= 11 is 0. The van der Waals surface area contributed by atoms with Crippen LogP contribution in [0.2, 0.25) is 0 Å². The first-order valence-corrected chi connectivity index (χ1v) is 11.5. The molecule has 5 rings (SSSR count). The molecule has 0 bridgehead atoms. The summed E-state index contributed by atoms with van der Waals surface area (Å²) in [4.78, 5) is 0. The summed E-state index contributed by atoms with van der Waals surface area (Å²) < 4.78 is 7.77. The Kier molecular flexibility index (Phi) is 7.52. The van der Waals surface area contributed by atoms with E-state index in [1.807, 2.05) is 30.5 Å². The summed E-state index contributed by atoms with van der Waals surface area (Å²) in [6.45, 7) is 4.36. The molecule has 0 saturated carbocycles. The number of nitrogens with one attached hydrogen (secondary N) is 1. The Labute approximate surface area is 200 Å². The Morgan fingerprint density at radius 1 is 0.909 bits per heavy atom. The van der Waals surface area contributed by atoms with E-state index in [2.05, 4.69) is 57.0 Å². The van der Waals surface area contributed by atoms with E-state index in [4.69, 9.17) is 4.42 Å². The maximum Gasteiger partial charge on any atom is 0.248 e. The Balaban J connectivity index is 0.00000259. The van der Waals surface area contributed by atoms with E-state index in [-0.39, 0.29) is 12.4 Å². The molecular formula is C25H29ClN6O. The molecular weight excluding hydrogens is 436 g/mol. The standard InChI is InChI=1S/C25H28N6O.ClH/c1-2-3-4-22-17-31(30-27-22)23-11-9-21(10-12-23)25-29-28-24(32-25)20-7-5-18(6-8-20)19-13-15-26-16-14-19;/h5-12,17,19,26H,2-4,13-16H2,1H3;1H. The third kappa shape index (κ3) is 5.31. The van der Waals surface area contributed by atoms with Crippen molar-refractivity contribution in [1.29, 1.82) is 0 Å². The number of aryl methyl sites for hydroxylation is 1. The second-order valence-corrected chi connectivity index (χ2v) is 8.36. The van der Waals surface area contributed by atoms with Gasteiger partial charge < -0.3 is 9.73 Å². The second kappa shape index (κ2) is 10.7. The van der Waals surface area contributed by atoms with Crippen molar-refractivity contribution in [3.8, 4) is 28.6 Å². The number of hydrogen-bond acceptors (Lipinski definition) is 6. The van der Waals surface area contributed by atoms with E-state index >= 15 is 0 Å². The SMILES string of the molecule is CCCCc1cn(-c2ccc(-c3nnc(-c4ccc(C5CCNCC5)cc4)o3)cc2)nn1.Cl. The van der Waals surface area contributed by atoms with Gasteiger partial charge in [-0.25, -0.2) is 4.68 Å². The number of unbranched alkanes of at least 4 members (excludes halogenated alkanes) is 1. The smallest absolute Gasteiger partial charge is 0.248 e. The summed E-state index contributed by atoms with van der Waals surface area (Å²) in [5.41, 5.74) is 5.18. The van der Waals surface area contributed by atoms with Crippen molar-refractivity contribution < 1.29 is 4.42 Å². The molecule has 1 fully saturated rings. The van der Waals surface area contributed by atoms with Gasteiger partial charge in [0.2, 0.25) is 11.8 Å².